The molecule has 2 nitrogen and oxygen atoms in total. The summed E-state index contributed by atoms with van der Waals surface area (Å²) in [6, 6.07) is 9.24. The van der Waals surface area contributed by atoms with Crippen LogP contribution in [0.2, 0.25) is 0 Å². The van der Waals surface area contributed by atoms with E-state index in [1.807, 2.05) is 0 Å². The lowest BCUT2D eigenvalue weighted by molar-refractivity contribution is 0.218. The third kappa shape index (κ3) is 2.50. The smallest absolute Gasteiger partial charge is 0.00631 e. The molecule has 0 saturated carbocycles. The molecule has 0 unspecified atom stereocenters. The predicted octanol–water partition coefficient (Wildman–Crippen LogP) is 2.44. The van der Waals surface area contributed by atoms with Gasteiger partial charge in [0.1, 0.15) is 0 Å². The number of nitrogens with two attached hydrogens (primary N) is 1. The monoisotopic (exact) mass is 242 g/mol. The van der Waals surface area contributed by atoms with Crippen LogP contribution in [0.15, 0.2) is 30.3 Å². The SMILES string of the molecule is NC1CCN(CCC2=CCc3ccccc32)CC1. The zero-order valence-corrected chi connectivity index (χ0v) is 10.9. The van der Waals surface area contributed by atoms with Crippen LogP contribution in [0.3, 0.4) is 0 Å². The van der Waals surface area contributed by atoms with Crippen molar-refractivity contribution >= 4 is 5.57 Å². The maximum atomic E-state index is 5.94. The summed E-state index contributed by atoms with van der Waals surface area (Å²) in [5.74, 6) is 0. The summed E-state index contributed by atoms with van der Waals surface area (Å²) in [6.45, 7) is 3.54. The lowest BCUT2D eigenvalue weighted by atomic mass is 10.0. The number of benzene rings is 1. The zero-order valence-electron chi connectivity index (χ0n) is 10.9. The highest BCUT2D eigenvalue weighted by Gasteiger charge is 2.18. The number of fused-ring (bicyclic) bond motifs is 1. The molecule has 0 spiro atoms. The number of hydrogen-bond acceptors (Lipinski definition) is 2. The second kappa shape index (κ2) is 5.25. The Bertz CT molecular complexity index is 442. The Kier molecular flexibility index (Phi) is 3.48. The first-order valence-electron chi connectivity index (χ1n) is 7.08. The first-order chi connectivity index (χ1) is 8.83. The van der Waals surface area contributed by atoms with Gasteiger partial charge in [-0.2, -0.15) is 0 Å². The van der Waals surface area contributed by atoms with E-state index in [1.54, 1.807) is 5.57 Å². The molecule has 1 heterocycles. The van der Waals surface area contributed by atoms with E-state index >= 15 is 0 Å². The fraction of sp³-hybridized carbons (Fsp3) is 0.500. The van der Waals surface area contributed by atoms with E-state index in [2.05, 4.69) is 35.2 Å². The molecular weight excluding hydrogens is 220 g/mol. The van der Waals surface area contributed by atoms with Gasteiger partial charge in [-0.05, 0) is 55.5 Å². The minimum atomic E-state index is 0.438. The number of allylic oxidation sites excluding steroid dienone is 1. The molecule has 3 rings (SSSR count). The van der Waals surface area contributed by atoms with Crippen molar-refractivity contribution in [1.82, 2.24) is 4.90 Å². The third-order valence-electron chi connectivity index (χ3n) is 4.26. The summed E-state index contributed by atoms with van der Waals surface area (Å²) in [5, 5.41) is 0. The fourth-order valence-corrected chi connectivity index (χ4v) is 3.05. The van der Waals surface area contributed by atoms with Gasteiger partial charge in [0.05, 0.1) is 0 Å². The quantitative estimate of drug-likeness (QED) is 0.882. The minimum Gasteiger partial charge on any atom is -0.328 e. The Morgan fingerprint density at radius 1 is 1.17 bits per heavy atom. The molecule has 1 aromatic rings. The van der Waals surface area contributed by atoms with Crippen LogP contribution >= 0.6 is 0 Å². The van der Waals surface area contributed by atoms with E-state index in [0.29, 0.717) is 6.04 Å². The number of piperidine rings is 1. The standard InChI is InChI=1S/C16H22N2/c17-15-8-11-18(12-9-15)10-7-14-6-5-13-3-1-2-4-16(13)14/h1-4,6,15H,5,7-12,17H2. The topological polar surface area (TPSA) is 29.3 Å². The highest BCUT2D eigenvalue weighted by Crippen LogP contribution is 2.29. The van der Waals surface area contributed by atoms with Gasteiger partial charge >= 0.3 is 0 Å². The Labute approximate surface area is 109 Å². The van der Waals surface area contributed by atoms with Gasteiger partial charge in [-0.25, -0.2) is 0 Å². The molecular formula is C16H22N2. The second-order valence-corrected chi connectivity index (χ2v) is 5.52. The van der Waals surface area contributed by atoms with Gasteiger partial charge in [0.15, 0.2) is 0 Å². The number of hydrogen-bond donors (Lipinski definition) is 1. The normalized spacial score (nSPS) is 20.8. The molecule has 1 aliphatic heterocycles. The Balaban J connectivity index is 1.56. The van der Waals surface area contributed by atoms with E-state index in [4.69, 9.17) is 5.73 Å². The van der Waals surface area contributed by atoms with Crippen LogP contribution in [-0.2, 0) is 6.42 Å². The summed E-state index contributed by atoms with van der Waals surface area (Å²) in [5.41, 5.74) is 10.5. The van der Waals surface area contributed by atoms with Crippen LogP contribution < -0.4 is 5.73 Å². The lowest BCUT2D eigenvalue weighted by Crippen LogP contribution is -2.40. The van der Waals surface area contributed by atoms with Crippen LogP contribution in [0.1, 0.15) is 30.4 Å². The van der Waals surface area contributed by atoms with Crippen LogP contribution in [0.5, 0.6) is 0 Å². The van der Waals surface area contributed by atoms with Gasteiger partial charge in [0.25, 0.3) is 0 Å². The summed E-state index contributed by atoms with van der Waals surface area (Å²) in [6.07, 6.45) is 7.04. The first kappa shape index (κ1) is 11.9. The average molecular weight is 242 g/mol. The van der Waals surface area contributed by atoms with Gasteiger partial charge < -0.3 is 10.6 Å². The second-order valence-electron chi connectivity index (χ2n) is 5.52. The molecule has 0 aromatic heterocycles. The van der Waals surface area contributed by atoms with E-state index < -0.39 is 0 Å². The van der Waals surface area contributed by atoms with Crippen molar-refractivity contribution in [2.45, 2.75) is 31.7 Å². The molecule has 1 fully saturated rings. The van der Waals surface area contributed by atoms with Crippen molar-refractivity contribution in [1.29, 1.82) is 0 Å². The highest BCUT2D eigenvalue weighted by atomic mass is 15.1. The Hall–Kier alpha value is -1.12. The molecule has 0 amide bonds. The largest absolute Gasteiger partial charge is 0.328 e. The third-order valence-corrected chi connectivity index (χ3v) is 4.26. The number of rotatable bonds is 3. The van der Waals surface area contributed by atoms with Gasteiger partial charge in [-0.1, -0.05) is 30.3 Å². The molecule has 0 bridgehead atoms. The first-order valence-corrected chi connectivity index (χ1v) is 7.08. The predicted molar refractivity (Wildman–Crippen MR) is 76.4 cm³/mol. The van der Waals surface area contributed by atoms with Crippen molar-refractivity contribution < 1.29 is 0 Å². The molecule has 18 heavy (non-hydrogen) atoms. The maximum Gasteiger partial charge on any atom is 0.00631 e. The summed E-state index contributed by atoms with van der Waals surface area (Å²) >= 11 is 0. The minimum absolute atomic E-state index is 0.438. The molecule has 0 radical (unpaired) electrons. The van der Waals surface area contributed by atoms with Gasteiger partial charge in [0, 0.05) is 12.6 Å². The Morgan fingerprint density at radius 3 is 2.78 bits per heavy atom. The van der Waals surface area contributed by atoms with Crippen LogP contribution in [-0.4, -0.2) is 30.6 Å². The van der Waals surface area contributed by atoms with E-state index in [-0.39, 0.29) is 0 Å². The van der Waals surface area contributed by atoms with E-state index in [0.717, 1.165) is 19.3 Å². The lowest BCUT2D eigenvalue weighted by Gasteiger charge is -2.30. The molecule has 2 aliphatic rings. The molecule has 0 atom stereocenters. The molecule has 2 heteroatoms. The van der Waals surface area contributed by atoms with Gasteiger partial charge in [0.2, 0.25) is 0 Å². The van der Waals surface area contributed by atoms with Crippen molar-refractivity contribution in [3.05, 3.63) is 41.5 Å². The molecule has 96 valence electrons. The van der Waals surface area contributed by atoms with Gasteiger partial charge in [-0.15, -0.1) is 0 Å². The van der Waals surface area contributed by atoms with E-state index in [1.165, 1.54) is 37.2 Å². The summed E-state index contributed by atoms with van der Waals surface area (Å²) < 4.78 is 0. The summed E-state index contributed by atoms with van der Waals surface area (Å²) in [4.78, 5) is 2.56. The maximum absolute atomic E-state index is 5.94. The fourth-order valence-electron chi connectivity index (χ4n) is 3.05. The van der Waals surface area contributed by atoms with Crippen LogP contribution in [0.4, 0.5) is 0 Å². The Morgan fingerprint density at radius 2 is 1.94 bits per heavy atom. The molecule has 1 aromatic carbocycles. The van der Waals surface area contributed by atoms with E-state index in [9.17, 15) is 0 Å². The highest BCUT2D eigenvalue weighted by molar-refractivity contribution is 5.72. The molecule has 2 N–H and O–H groups in total. The van der Waals surface area contributed by atoms with Crippen molar-refractivity contribution in [3.63, 3.8) is 0 Å². The number of nitrogens with zero attached hydrogens (tertiary/aromatic N) is 1. The average Bonchev–Trinajstić information content (AvgIpc) is 2.82. The molecule has 1 saturated heterocycles. The van der Waals surface area contributed by atoms with Crippen molar-refractivity contribution in [2.75, 3.05) is 19.6 Å². The summed E-state index contributed by atoms with van der Waals surface area (Å²) in [7, 11) is 0. The molecule has 1 aliphatic carbocycles. The zero-order chi connectivity index (χ0) is 12.4. The van der Waals surface area contributed by atoms with Crippen LogP contribution in [0, 0.1) is 0 Å². The number of likely N-dealkylation sites (tertiary alicyclic amines) is 1. The van der Waals surface area contributed by atoms with Gasteiger partial charge in [-0.3, -0.25) is 0 Å². The van der Waals surface area contributed by atoms with Crippen molar-refractivity contribution in [2.24, 2.45) is 5.73 Å². The van der Waals surface area contributed by atoms with Crippen LogP contribution in [0.25, 0.3) is 5.57 Å². The van der Waals surface area contributed by atoms with Crippen molar-refractivity contribution in [3.8, 4) is 0 Å².